The van der Waals surface area contributed by atoms with Crippen LogP contribution in [0.2, 0.25) is 0 Å². The molecule has 1 saturated carbocycles. The van der Waals surface area contributed by atoms with Crippen molar-refractivity contribution in [2.75, 3.05) is 18.0 Å². The molecule has 116 valence electrons. The Bertz CT molecular complexity index is 451. The van der Waals surface area contributed by atoms with Crippen LogP contribution in [0.1, 0.15) is 51.5 Å². The van der Waals surface area contributed by atoms with Crippen LogP contribution in [0.25, 0.3) is 0 Å². The number of nitrogens with zero attached hydrogens (tertiary/aromatic N) is 1. The highest BCUT2D eigenvalue weighted by Crippen LogP contribution is 2.30. The minimum absolute atomic E-state index is 0.695. The average Bonchev–Trinajstić information content (AvgIpc) is 3.03. The molecule has 1 saturated heterocycles. The van der Waals surface area contributed by atoms with Crippen LogP contribution in [0.5, 0.6) is 0 Å². The molecule has 2 fully saturated rings. The summed E-state index contributed by atoms with van der Waals surface area (Å²) in [6, 6.07) is 9.67. The lowest BCUT2D eigenvalue weighted by Gasteiger charge is -2.35. The Morgan fingerprint density at radius 1 is 1.05 bits per heavy atom. The largest absolute Gasteiger partial charge is 0.371 e. The van der Waals surface area contributed by atoms with E-state index in [1.165, 1.54) is 56.4 Å². The predicted molar refractivity (Wildman–Crippen MR) is 90.7 cm³/mol. The first kappa shape index (κ1) is 14.9. The van der Waals surface area contributed by atoms with Crippen molar-refractivity contribution < 1.29 is 0 Å². The topological polar surface area (TPSA) is 15.3 Å². The van der Waals surface area contributed by atoms with Crippen LogP contribution < -0.4 is 10.2 Å². The zero-order valence-corrected chi connectivity index (χ0v) is 13.6. The lowest BCUT2D eigenvalue weighted by Crippen LogP contribution is -2.40. The Morgan fingerprint density at radius 3 is 2.62 bits per heavy atom. The molecule has 1 aromatic rings. The van der Waals surface area contributed by atoms with E-state index in [2.05, 4.69) is 48.3 Å². The van der Waals surface area contributed by atoms with Crippen LogP contribution in [0, 0.1) is 11.8 Å². The molecule has 2 nitrogen and oxygen atoms in total. The number of para-hydroxylation sites is 1. The fourth-order valence-corrected chi connectivity index (χ4v) is 4.04. The van der Waals surface area contributed by atoms with Crippen molar-refractivity contribution in [2.24, 2.45) is 11.8 Å². The second-order valence-electron chi connectivity index (χ2n) is 7.08. The summed E-state index contributed by atoms with van der Waals surface area (Å²) in [5.74, 6) is 1.67. The third kappa shape index (κ3) is 3.42. The summed E-state index contributed by atoms with van der Waals surface area (Å²) in [6.45, 7) is 8.32. The fraction of sp³-hybridized carbons (Fsp3) is 0.684. The van der Waals surface area contributed by atoms with Gasteiger partial charge in [-0.25, -0.2) is 0 Å². The lowest BCUT2D eigenvalue weighted by molar-refractivity contribution is 0.206. The smallest absolute Gasteiger partial charge is 0.0411 e. The SMILES string of the molecule is CC1CCCC(NCc2ccccc2N2CCCC2)C1C. The molecular formula is C19H30N2. The van der Waals surface area contributed by atoms with Crippen LogP contribution in [-0.2, 0) is 6.54 Å². The van der Waals surface area contributed by atoms with E-state index >= 15 is 0 Å². The van der Waals surface area contributed by atoms with Crippen LogP contribution in [0.3, 0.4) is 0 Å². The van der Waals surface area contributed by atoms with E-state index in [1.807, 2.05) is 0 Å². The molecule has 0 amide bonds. The first-order valence-corrected chi connectivity index (χ1v) is 8.82. The van der Waals surface area contributed by atoms with Gasteiger partial charge in [-0.1, -0.05) is 44.9 Å². The molecule has 1 heterocycles. The van der Waals surface area contributed by atoms with E-state index in [4.69, 9.17) is 0 Å². The Balaban J connectivity index is 1.65. The highest BCUT2D eigenvalue weighted by atomic mass is 15.1. The van der Waals surface area contributed by atoms with Crippen molar-refractivity contribution in [3.63, 3.8) is 0 Å². The van der Waals surface area contributed by atoms with Crippen molar-refractivity contribution in [3.8, 4) is 0 Å². The van der Waals surface area contributed by atoms with Gasteiger partial charge in [0.05, 0.1) is 0 Å². The van der Waals surface area contributed by atoms with E-state index in [-0.39, 0.29) is 0 Å². The molecule has 1 aliphatic carbocycles. The van der Waals surface area contributed by atoms with E-state index in [0.29, 0.717) is 6.04 Å². The molecule has 3 atom stereocenters. The normalized spacial score (nSPS) is 29.8. The minimum Gasteiger partial charge on any atom is -0.371 e. The predicted octanol–water partition coefficient (Wildman–Crippen LogP) is 4.20. The molecule has 1 aromatic carbocycles. The van der Waals surface area contributed by atoms with Crippen molar-refractivity contribution in [1.82, 2.24) is 5.32 Å². The number of benzene rings is 1. The second-order valence-corrected chi connectivity index (χ2v) is 7.08. The van der Waals surface area contributed by atoms with Gasteiger partial charge in [0.25, 0.3) is 0 Å². The van der Waals surface area contributed by atoms with Gasteiger partial charge in [0, 0.05) is 31.4 Å². The maximum Gasteiger partial charge on any atom is 0.0411 e. The zero-order valence-electron chi connectivity index (χ0n) is 13.6. The molecule has 2 heteroatoms. The molecule has 2 aliphatic rings. The van der Waals surface area contributed by atoms with Crippen molar-refractivity contribution in [3.05, 3.63) is 29.8 Å². The standard InChI is InChI=1S/C19H30N2/c1-15-8-7-10-18(16(15)2)20-14-17-9-3-4-11-19(17)21-12-5-6-13-21/h3-4,9,11,15-16,18,20H,5-8,10,12-14H2,1-2H3. The molecule has 3 unspecified atom stereocenters. The highest BCUT2D eigenvalue weighted by Gasteiger charge is 2.26. The van der Waals surface area contributed by atoms with Gasteiger partial charge in [-0.2, -0.15) is 0 Å². The molecule has 1 N–H and O–H groups in total. The fourth-order valence-electron chi connectivity index (χ4n) is 4.04. The van der Waals surface area contributed by atoms with Gasteiger partial charge >= 0.3 is 0 Å². The zero-order chi connectivity index (χ0) is 14.7. The second kappa shape index (κ2) is 6.83. The molecular weight excluding hydrogens is 256 g/mol. The molecule has 3 rings (SSSR count). The Morgan fingerprint density at radius 2 is 1.81 bits per heavy atom. The van der Waals surface area contributed by atoms with Gasteiger partial charge in [0.15, 0.2) is 0 Å². The number of anilines is 1. The lowest BCUT2D eigenvalue weighted by atomic mass is 9.78. The number of rotatable bonds is 4. The molecule has 0 radical (unpaired) electrons. The van der Waals surface area contributed by atoms with Gasteiger partial charge in [0.1, 0.15) is 0 Å². The molecule has 0 aromatic heterocycles. The van der Waals surface area contributed by atoms with E-state index in [9.17, 15) is 0 Å². The first-order valence-electron chi connectivity index (χ1n) is 8.82. The van der Waals surface area contributed by atoms with Crippen molar-refractivity contribution >= 4 is 5.69 Å². The summed E-state index contributed by atoms with van der Waals surface area (Å²) < 4.78 is 0. The van der Waals surface area contributed by atoms with Crippen LogP contribution in [-0.4, -0.2) is 19.1 Å². The summed E-state index contributed by atoms with van der Waals surface area (Å²) in [4.78, 5) is 2.56. The third-order valence-electron chi connectivity index (χ3n) is 5.70. The molecule has 21 heavy (non-hydrogen) atoms. The molecule has 0 spiro atoms. The molecule has 1 aliphatic heterocycles. The maximum atomic E-state index is 3.86. The van der Waals surface area contributed by atoms with Crippen LogP contribution in [0.15, 0.2) is 24.3 Å². The minimum atomic E-state index is 0.695. The quantitative estimate of drug-likeness (QED) is 0.892. The summed E-state index contributed by atoms with van der Waals surface area (Å²) in [6.07, 6.45) is 6.83. The van der Waals surface area contributed by atoms with Crippen LogP contribution in [0.4, 0.5) is 5.69 Å². The summed E-state index contributed by atoms with van der Waals surface area (Å²) in [7, 11) is 0. The Labute approximate surface area is 129 Å². The number of hydrogen-bond acceptors (Lipinski definition) is 2. The summed E-state index contributed by atoms with van der Waals surface area (Å²) in [5.41, 5.74) is 2.93. The van der Waals surface area contributed by atoms with Gasteiger partial charge in [-0.3, -0.25) is 0 Å². The van der Waals surface area contributed by atoms with Crippen LogP contribution >= 0.6 is 0 Å². The van der Waals surface area contributed by atoms with Crippen molar-refractivity contribution in [2.45, 2.75) is 58.5 Å². The number of nitrogens with one attached hydrogen (secondary N) is 1. The van der Waals surface area contributed by atoms with Crippen molar-refractivity contribution in [1.29, 1.82) is 0 Å². The van der Waals surface area contributed by atoms with E-state index in [0.717, 1.165) is 18.4 Å². The molecule has 0 bridgehead atoms. The first-order chi connectivity index (χ1) is 10.3. The van der Waals surface area contributed by atoms with Gasteiger partial charge < -0.3 is 10.2 Å². The number of hydrogen-bond donors (Lipinski definition) is 1. The van der Waals surface area contributed by atoms with E-state index < -0.39 is 0 Å². The third-order valence-corrected chi connectivity index (χ3v) is 5.70. The maximum absolute atomic E-state index is 3.86. The Kier molecular flexibility index (Phi) is 4.84. The average molecular weight is 286 g/mol. The summed E-state index contributed by atoms with van der Waals surface area (Å²) >= 11 is 0. The van der Waals surface area contributed by atoms with Gasteiger partial charge in [0.2, 0.25) is 0 Å². The van der Waals surface area contributed by atoms with E-state index in [1.54, 1.807) is 0 Å². The Hall–Kier alpha value is -1.02. The van der Waals surface area contributed by atoms with Gasteiger partial charge in [-0.05, 0) is 42.7 Å². The monoisotopic (exact) mass is 286 g/mol. The summed E-state index contributed by atoms with van der Waals surface area (Å²) in [5, 5.41) is 3.86. The van der Waals surface area contributed by atoms with Gasteiger partial charge in [-0.15, -0.1) is 0 Å². The highest BCUT2D eigenvalue weighted by molar-refractivity contribution is 5.54.